The third-order valence-corrected chi connectivity index (χ3v) is 5.84. The highest BCUT2D eigenvalue weighted by molar-refractivity contribution is 7.99. The van der Waals surface area contributed by atoms with Crippen LogP contribution in [0.2, 0.25) is 0 Å². The molecule has 22 heavy (non-hydrogen) atoms. The van der Waals surface area contributed by atoms with Crippen molar-refractivity contribution < 1.29 is 19.4 Å². The first-order valence-corrected chi connectivity index (χ1v) is 9.14. The van der Waals surface area contributed by atoms with E-state index in [2.05, 4.69) is 5.32 Å². The Morgan fingerprint density at radius 3 is 3.05 bits per heavy atom. The van der Waals surface area contributed by atoms with Gasteiger partial charge in [-0.1, -0.05) is 6.07 Å². The van der Waals surface area contributed by atoms with Gasteiger partial charge < -0.3 is 15.2 Å². The number of ether oxygens (including phenoxy) is 1. The van der Waals surface area contributed by atoms with E-state index in [0.29, 0.717) is 18.8 Å². The van der Waals surface area contributed by atoms with Gasteiger partial charge in [0, 0.05) is 10.6 Å². The lowest BCUT2D eigenvalue weighted by Crippen LogP contribution is -2.47. The van der Waals surface area contributed by atoms with Gasteiger partial charge in [-0.3, -0.25) is 9.69 Å². The van der Waals surface area contributed by atoms with Crippen molar-refractivity contribution in [3.63, 3.8) is 0 Å². The minimum atomic E-state index is -0.876. The van der Waals surface area contributed by atoms with E-state index in [1.54, 1.807) is 23.1 Å². The highest BCUT2D eigenvalue weighted by atomic mass is 32.2. The number of hydrogen-bond acceptors (Lipinski definition) is 6. The predicted octanol–water partition coefficient (Wildman–Crippen LogP) is 1.05. The molecule has 2 atom stereocenters. The average Bonchev–Trinajstić information content (AvgIpc) is 3.19. The van der Waals surface area contributed by atoms with Gasteiger partial charge in [0.1, 0.15) is 5.54 Å². The maximum Gasteiger partial charge on any atom is 0.325 e. The number of carbonyl (C=O) groups is 2. The minimum absolute atomic E-state index is 0.0263. The number of nitrogens with one attached hydrogen (secondary N) is 1. The van der Waals surface area contributed by atoms with Gasteiger partial charge in [-0.2, -0.15) is 11.8 Å². The largest absolute Gasteiger partial charge is 0.389 e. The number of thiophene rings is 1. The number of thioether (sulfide) groups is 1. The zero-order valence-electron chi connectivity index (χ0n) is 12.0. The summed E-state index contributed by atoms with van der Waals surface area (Å²) in [6, 6.07) is 3.48. The molecule has 2 fully saturated rings. The topological polar surface area (TPSA) is 78.9 Å². The fraction of sp³-hybridized carbons (Fsp3) is 0.571. The number of aliphatic hydroxyl groups excluding tert-OH is 1. The highest BCUT2D eigenvalue weighted by Gasteiger charge is 2.53. The van der Waals surface area contributed by atoms with Crippen LogP contribution in [0.5, 0.6) is 0 Å². The van der Waals surface area contributed by atoms with Crippen LogP contribution in [0.25, 0.3) is 0 Å². The Kier molecular flexibility index (Phi) is 4.72. The molecule has 120 valence electrons. The van der Waals surface area contributed by atoms with E-state index in [-0.39, 0.29) is 19.1 Å². The molecule has 2 saturated heterocycles. The van der Waals surface area contributed by atoms with Crippen molar-refractivity contribution in [3.05, 3.63) is 22.4 Å². The Balaban J connectivity index is 1.49. The summed E-state index contributed by atoms with van der Waals surface area (Å²) < 4.78 is 5.42. The van der Waals surface area contributed by atoms with E-state index in [1.165, 1.54) is 0 Å². The summed E-state index contributed by atoms with van der Waals surface area (Å²) in [5.41, 5.74) is -0.751. The molecular formula is C14H18N2O4S2. The van der Waals surface area contributed by atoms with Crippen LogP contribution in [0.1, 0.15) is 11.3 Å². The van der Waals surface area contributed by atoms with Gasteiger partial charge in [-0.05, 0) is 23.6 Å². The van der Waals surface area contributed by atoms with Crippen molar-refractivity contribution >= 4 is 35.0 Å². The summed E-state index contributed by atoms with van der Waals surface area (Å²) in [6.07, 6.45) is -0.220. The maximum absolute atomic E-state index is 12.4. The zero-order chi connectivity index (χ0) is 15.6. The van der Waals surface area contributed by atoms with Gasteiger partial charge in [0.25, 0.3) is 5.91 Å². The highest BCUT2D eigenvalue weighted by Crippen LogP contribution is 2.33. The predicted molar refractivity (Wildman–Crippen MR) is 84.9 cm³/mol. The number of nitrogens with zero attached hydrogens (tertiary/aromatic N) is 1. The van der Waals surface area contributed by atoms with E-state index >= 15 is 0 Å². The van der Waals surface area contributed by atoms with Crippen LogP contribution in [0.15, 0.2) is 17.5 Å². The average molecular weight is 342 g/mol. The summed E-state index contributed by atoms with van der Waals surface area (Å²) in [4.78, 5) is 26.6. The molecule has 0 aliphatic carbocycles. The van der Waals surface area contributed by atoms with Gasteiger partial charge in [0.2, 0.25) is 0 Å². The SMILES string of the molecule is O=C1N[C@]2(CCSC2)C(=O)N1C[C@@H](O)COCc1cccs1. The number of carbonyl (C=O) groups excluding carboxylic acids is 2. The Labute approximate surface area is 136 Å². The van der Waals surface area contributed by atoms with E-state index in [1.807, 2.05) is 17.5 Å². The number of rotatable bonds is 6. The summed E-state index contributed by atoms with van der Waals surface area (Å²) in [5, 5.41) is 14.7. The number of hydrogen-bond donors (Lipinski definition) is 2. The Morgan fingerprint density at radius 1 is 1.50 bits per heavy atom. The Bertz CT molecular complexity index is 543. The number of amides is 3. The quantitative estimate of drug-likeness (QED) is 0.756. The van der Waals surface area contributed by atoms with E-state index in [9.17, 15) is 14.7 Å². The standard InChI is InChI=1S/C14H18N2O4S2/c17-10(7-20-8-11-2-1-4-22-11)6-16-12(18)14(15-13(16)19)3-5-21-9-14/h1-2,4,10,17H,3,5-9H2,(H,15,19)/t10-,14+/m1/s1. The van der Waals surface area contributed by atoms with Crippen LogP contribution in [-0.4, -0.2) is 58.2 Å². The molecule has 0 saturated carbocycles. The van der Waals surface area contributed by atoms with E-state index in [4.69, 9.17) is 4.74 Å². The second-order valence-corrected chi connectivity index (χ2v) is 7.62. The lowest BCUT2D eigenvalue weighted by molar-refractivity contribution is -0.131. The summed E-state index contributed by atoms with van der Waals surface area (Å²) in [7, 11) is 0. The first kappa shape index (κ1) is 15.8. The van der Waals surface area contributed by atoms with Gasteiger partial charge in [0.15, 0.2) is 0 Å². The molecule has 2 aliphatic heterocycles. The fourth-order valence-electron chi connectivity index (χ4n) is 2.63. The molecule has 1 aromatic rings. The molecule has 0 bridgehead atoms. The lowest BCUT2D eigenvalue weighted by atomic mass is 9.99. The van der Waals surface area contributed by atoms with Crippen molar-refractivity contribution in [3.8, 4) is 0 Å². The zero-order valence-corrected chi connectivity index (χ0v) is 13.6. The van der Waals surface area contributed by atoms with Crippen molar-refractivity contribution in [2.24, 2.45) is 0 Å². The summed E-state index contributed by atoms with van der Waals surface area (Å²) in [6.45, 7) is 0.494. The first-order valence-electron chi connectivity index (χ1n) is 7.11. The first-order chi connectivity index (χ1) is 10.6. The second-order valence-electron chi connectivity index (χ2n) is 5.48. The monoisotopic (exact) mass is 342 g/mol. The Morgan fingerprint density at radius 2 is 2.36 bits per heavy atom. The van der Waals surface area contributed by atoms with Crippen LogP contribution in [-0.2, 0) is 16.1 Å². The fourth-order valence-corrected chi connectivity index (χ4v) is 4.59. The van der Waals surface area contributed by atoms with Crippen molar-refractivity contribution in [1.29, 1.82) is 0 Å². The molecular weight excluding hydrogens is 324 g/mol. The molecule has 6 nitrogen and oxygen atoms in total. The van der Waals surface area contributed by atoms with Crippen molar-refractivity contribution in [2.45, 2.75) is 24.7 Å². The van der Waals surface area contributed by atoms with Crippen LogP contribution >= 0.6 is 23.1 Å². The van der Waals surface area contributed by atoms with Gasteiger partial charge in [-0.25, -0.2) is 4.79 Å². The third-order valence-electron chi connectivity index (χ3n) is 3.80. The van der Waals surface area contributed by atoms with Gasteiger partial charge >= 0.3 is 6.03 Å². The van der Waals surface area contributed by atoms with E-state index in [0.717, 1.165) is 15.5 Å². The number of β-amino-alcohol motifs (C(OH)–C–C–N with tert-alkyl or cyclic N) is 1. The van der Waals surface area contributed by atoms with Crippen LogP contribution in [0.4, 0.5) is 4.79 Å². The third kappa shape index (κ3) is 3.15. The van der Waals surface area contributed by atoms with Crippen LogP contribution < -0.4 is 5.32 Å². The van der Waals surface area contributed by atoms with Crippen molar-refractivity contribution in [2.75, 3.05) is 24.7 Å². The summed E-state index contributed by atoms with van der Waals surface area (Å²) in [5.74, 6) is 1.26. The van der Waals surface area contributed by atoms with Crippen LogP contribution in [0, 0.1) is 0 Å². The van der Waals surface area contributed by atoms with Crippen LogP contribution in [0.3, 0.4) is 0 Å². The molecule has 3 rings (SSSR count). The van der Waals surface area contributed by atoms with Gasteiger partial charge in [0.05, 0.1) is 25.9 Å². The molecule has 3 heterocycles. The molecule has 8 heteroatoms. The normalized spacial score (nSPS) is 26.0. The van der Waals surface area contributed by atoms with Crippen molar-refractivity contribution in [1.82, 2.24) is 10.2 Å². The minimum Gasteiger partial charge on any atom is -0.389 e. The molecule has 0 aromatic carbocycles. The smallest absolute Gasteiger partial charge is 0.325 e. The lowest BCUT2D eigenvalue weighted by Gasteiger charge is -2.20. The molecule has 2 N–H and O–H groups in total. The molecule has 1 aromatic heterocycles. The number of imide groups is 1. The number of aliphatic hydroxyl groups is 1. The maximum atomic E-state index is 12.4. The molecule has 0 unspecified atom stereocenters. The molecule has 2 aliphatic rings. The van der Waals surface area contributed by atoms with E-state index < -0.39 is 17.7 Å². The molecule has 3 amide bonds. The second kappa shape index (κ2) is 6.57. The molecule has 1 spiro atoms. The Hall–Kier alpha value is -1.09. The summed E-state index contributed by atoms with van der Waals surface area (Å²) >= 11 is 3.24. The number of urea groups is 1. The van der Waals surface area contributed by atoms with Gasteiger partial charge in [-0.15, -0.1) is 11.3 Å². The molecule has 0 radical (unpaired) electrons.